The first-order valence-electron chi connectivity index (χ1n) is 4.34. The molecule has 3 nitrogen and oxygen atoms in total. The van der Waals surface area contributed by atoms with Crippen molar-refractivity contribution in [2.75, 3.05) is 0 Å². The number of aromatic nitrogens is 2. The molecular formula is C9H17N3. The first-order chi connectivity index (χ1) is 5.61. The molecule has 1 aromatic heterocycles. The molecule has 0 aliphatic heterocycles. The second-order valence-electron chi connectivity index (χ2n) is 3.44. The van der Waals surface area contributed by atoms with Crippen LogP contribution in [-0.2, 0) is 7.05 Å². The number of nitrogens with one attached hydrogen (secondary N) is 1. The standard InChI is InChI=1S/C9H17N3/c1-7(2)11-8(3)9-10-5-6-12(9)4/h5-8,11H,1-4H3/t8-/m1/s1. The fourth-order valence-electron chi connectivity index (χ4n) is 1.37. The monoisotopic (exact) mass is 167 g/mol. The summed E-state index contributed by atoms with van der Waals surface area (Å²) in [6.07, 6.45) is 3.79. The van der Waals surface area contributed by atoms with Gasteiger partial charge in [-0.15, -0.1) is 0 Å². The highest BCUT2D eigenvalue weighted by molar-refractivity contribution is 4.97. The number of nitrogens with zero attached hydrogens (tertiary/aromatic N) is 2. The summed E-state index contributed by atoms with van der Waals surface area (Å²) in [6.45, 7) is 6.40. The summed E-state index contributed by atoms with van der Waals surface area (Å²) in [7, 11) is 2.01. The summed E-state index contributed by atoms with van der Waals surface area (Å²) in [6, 6.07) is 0.821. The van der Waals surface area contributed by atoms with Crippen LogP contribution < -0.4 is 5.32 Å². The highest BCUT2D eigenvalue weighted by atomic mass is 15.1. The lowest BCUT2D eigenvalue weighted by atomic mass is 10.2. The molecule has 1 rings (SSSR count). The molecule has 0 radical (unpaired) electrons. The van der Waals surface area contributed by atoms with E-state index < -0.39 is 0 Å². The zero-order chi connectivity index (χ0) is 9.14. The van der Waals surface area contributed by atoms with Gasteiger partial charge in [0, 0.05) is 25.5 Å². The van der Waals surface area contributed by atoms with Crippen molar-refractivity contribution in [3.8, 4) is 0 Å². The van der Waals surface area contributed by atoms with E-state index >= 15 is 0 Å². The van der Waals surface area contributed by atoms with Gasteiger partial charge in [-0.2, -0.15) is 0 Å². The molecular weight excluding hydrogens is 150 g/mol. The summed E-state index contributed by atoms with van der Waals surface area (Å²) in [5.74, 6) is 1.09. The van der Waals surface area contributed by atoms with E-state index in [1.165, 1.54) is 0 Å². The molecule has 12 heavy (non-hydrogen) atoms. The molecule has 0 unspecified atom stereocenters. The lowest BCUT2D eigenvalue weighted by molar-refractivity contribution is 0.477. The molecule has 1 atom stereocenters. The minimum absolute atomic E-state index is 0.324. The van der Waals surface area contributed by atoms with Gasteiger partial charge in [0.25, 0.3) is 0 Å². The summed E-state index contributed by atoms with van der Waals surface area (Å²) < 4.78 is 2.04. The van der Waals surface area contributed by atoms with Crippen molar-refractivity contribution in [1.82, 2.24) is 14.9 Å². The summed E-state index contributed by atoms with van der Waals surface area (Å²) in [4.78, 5) is 4.27. The third-order valence-corrected chi connectivity index (χ3v) is 1.83. The fraction of sp³-hybridized carbons (Fsp3) is 0.667. The Hall–Kier alpha value is -0.830. The Morgan fingerprint density at radius 1 is 1.42 bits per heavy atom. The predicted octanol–water partition coefficient (Wildman–Crippen LogP) is 1.48. The molecule has 0 aromatic carbocycles. The SMILES string of the molecule is CC(C)N[C@H](C)c1nccn1C. The van der Waals surface area contributed by atoms with Gasteiger partial charge in [-0.3, -0.25) is 0 Å². The minimum atomic E-state index is 0.324. The average molecular weight is 167 g/mol. The van der Waals surface area contributed by atoms with Crippen LogP contribution in [0.4, 0.5) is 0 Å². The molecule has 0 amide bonds. The van der Waals surface area contributed by atoms with Crippen molar-refractivity contribution in [2.24, 2.45) is 7.05 Å². The van der Waals surface area contributed by atoms with Crippen LogP contribution in [0.2, 0.25) is 0 Å². The van der Waals surface area contributed by atoms with Crippen LogP contribution in [0, 0.1) is 0 Å². The van der Waals surface area contributed by atoms with Gasteiger partial charge in [0.1, 0.15) is 5.82 Å². The molecule has 0 saturated heterocycles. The Bertz CT molecular complexity index is 240. The predicted molar refractivity (Wildman–Crippen MR) is 49.9 cm³/mol. The maximum absolute atomic E-state index is 4.27. The average Bonchev–Trinajstić information content (AvgIpc) is 2.33. The van der Waals surface area contributed by atoms with E-state index in [0.29, 0.717) is 12.1 Å². The van der Waals surface area contributed by atoms with Crippen molar-refractivity contribution < 1.29 is 0 Å². The van der Waals surface area contributed by atoms with Crippen molar-refractivity contribution >= 4 is 0 Å². The molecule has 0 spiro atoms. The molecule has 68 valence electrons. The highest BCUT2D eigenvalue weighted by Crippen LogP contribution is 2.08. The van der Waals surface area contributed by atoms with Gasteiger partial charge in [-0.25, -0.2) is 4.98 Å². The highest BCUT2D eigenvalue weighted by Gasteiger charge is 2.09. The van der Waals surface area contributed by atoms with E-state index in [-0.39, 0.29) is 0 Å². The molecule has 0 fully saturated rings. The van der Waals surface area contributed by atoms with Crippen molar-refractivity contribution in [2.45, 2.75) is 32.9 Å². The van der Waals surface area contributed by atoms with Crippen molar-refractivity contribution in [3.63, 3.8) is 0 Å². The molecule has 0 aliphatic rings. The number of aryl methyl sites for hydroxylation is 1. The fourth-order valence-corrected chi connectivity index (χ4v) is 1.37. The lowest BCUT2D eigenvalue weighted by Gasteiger charge is -2.16. The van der Waals surface area contributed by atoms with Gasteiger partial charge in [-0.05, 0) is 6.92 Å². The Kier molecular flexibility index (Phi) is 2.87. The number of hydrogen-bond acceptors (Lipinski definition) is 2. The molecule has 0 bridgehead atoms. The largest absolute Gasteiger partial charge is 0.337 e. The molecule has 0 saturated carbocycles. The van der Waals surface area contributed by atoms with Crippen LogP contribution >= 0.6 is 0 Å². The lowest BCUT2D eigenvalue weighted by Crippen LogP contribution is -2.27. The second-order valence-corrected chi connectivity index (χ2v) is 3.44. The van der Waals surface area contributed by atoms with E-state index in [2.05, 4.69) is 31.1 Å². The molecule has 1 N–H and O–H groups in total. The first-order valence-corrected chi connectivity index (χ1v) is 4.34. The van der Waals surface area contributed by atoms with Crippen LogP contribution in [-0.4, -0.2) is 15.6 Å². The second kappa shape index (κ2) is 3.72. The zero-order valence-corrected chi connectivity index (χ0v) is 8.20. The van der Waals surface area contributed by atoms with Gasteiger partial charge in [-0.1, -0.05) is 13.8 Å². The van der Waals surface area contributed by atoms with Gasteiger partial charge >= 0.3 is 0 Å². The number of hydrogen-bond donors (Lipinski definition) is 1. The normalized spacial score (nSPS) is 13.8. The maximum Gasteiger partial charge on any atom is 0.125 e. The van der Waals surface area contributed by atoms with Gasteiger partial charge in [0.2, 0.25) is 0 Å². The minimum Gasteiger partial charge on any atom is -0.337 e. The van der Waals surface area contributed by atoms with Gasteiger partial charge in [0.15, 0.2) is 0 Å². The summed E-state index contributed by atoms with van der Waals surface area (Å²) in [5, 5.41) is 3.40. The van der Waals surface area contributed by atoms with E-state index in [1.807, 2.05) is 24.0 Å². The molecule has 0 aliphatic carbocycles. The Balaban J connectivity index is 2.65. The Morgan fingerprint density at radius 2 is 2.08 bits per heavy atom. The third-order valence-electron chi connectivity index (χ3n) is 1.83. The van der Waals surface area contributed by atoms with Crippen molar-refractivity contribution in [1.29, 1.82) is 0 Å². The first kappa shape index (κ1) is 9.26. The Morgan fingerprint density at radius 3 is 2.50 bits per heavy atom. The van der Waals surface area contributed by atoms with Crippen LogP contribution in [0.1, 0.15) is 32.6 Å². The molecule has 1 aromatic rings. The zero-order valence-electron chi connectivity index (χ0n) is 8.20. The molecule has 3 heteroatoms. The van der Waals surface area contributed by atoms with Crippen LogP contribution in [0.15, 0.2) is 12.4 Å². The van der Waals surface area contributed by atoms with Crippen LogP contribution in [0.25, 0.3) is 0 Å². The van der Waals surface area contributed by atoms with Crippen LogP contribution in [0.3, 0.4) is 0 Å². The topological polar surface area (TPSA) is 29.9 Å². The van der Waals surface area contributed by atoms with Crippen molar-refractivity contribution in [3.05, 3.63) is 18.2 Å². The third kappa shape index (κ3) is 2.08. The summed E-state index contributed by atoms with van der Waals surface area (Å²) in [5.41, 5.74) is 0. The number of rotatable bonds is 3. The van der Waals surface area contributed by atoms with Crippen LogP contribution in [0.5, 0.6) is 0 Å². The molecule has 1 heterocycles. The van der Waals surface area contributed by atoms with E-state index in [0.717, 1.165) is 5.82 Å². The maximum atomic E-state index is 4.27. The van der Waals surface area contributed by atoms with E-state index in [1.54, 1.807) is 0 Å². The van der Waals surface area contributed by atoms with E-state index in [9.17, 15) is 0 Å². The smallest absolute Gasteiger partial charge is 0.125 e. The van der Waals surface area contributed by atoms with Gasteiger partial charge in [0.05, 0.1) is 6.04 Å². The van der Waals surface area contributed by atoms with E-state index in [4.69, 9.17) is 0 Å². The number of imidazole rings is 1. The van der Waals surface area contributed by atoms with Gasteiger partial charge < -0.3 is 9.88 Å². The quantitative estimate of drug-likeness (QED) is 0.739. The summed E-state index contributed by atoms with van der Waals surface area (Å²) >= 11 is 0. The Labute approximate surface area is 73.8 Å².